The third kappa shape index (κ3) is 4.35. The number of hydrogen-bond acceptors (Lipinski definition) is 12. The Morgan fingerprint density at radius 3 is 2.76 bits per heavy atom. The molecule has 0 aromatic carbocycles. The monoisotopic (exact) mass is 435 g/mol. The minimum Gasteiger partial charge on any atom is -0.544 e. The van der Waals surface area contributed by atoms with Gasteiger partial charge in [0.25, 0.3) is 17.5 Å². The van der Waals surface area contributed by atoms with Crippen LogP contribution in [0.5, 0.6) is 0 Å². The zero-order valence-corrected chi connectivity index (χ0v) is 18.2. The first kappa shape index (κ1) is 23.0. The first-order valence-electron chi connectivity index (χ1n) is 7.82. The summed E-state index contributed by atoms with van der Waals surface area (Å²) >= 11 is 1.07. The number of ether oxygens (including phenoxy) is 1. The number of nitrogens with two attached hydrogens (primary N) is 1. The number of thiazole rings is 1. The van der Waals surface area contributed by atoms with E-state index in [1.807, 2.05) is 0 Å². The molecule has 2 amide bonds. The van der Waals surface area contributed by atoms with Crippen molar-refractivity contribution in [2.24, 2.45) is 5.16 Å². The number of esters is 1. The van der Waals surface area contributed by atoms with Gasteiger partial charge in [-0.05, 0) is 0 Å². The average Bonchev–Trinajstić information content (AvgIpc) is 3.33. The molecule has 0 aliphatic carbocycles. The second-order valence-electron chi connectivity index (χ2n) is 5.69. The molecular formula is C14H14N5NaO8S. The number of carbonyl (C=O) groups is 4. The molecule has 3 heterocycles. The number of hydroxylamine groups is 2. The van der Waals surface area contributed by atoms with Gasteiger partial charge in [0.1, 0.15) is 31.4 Å². The van der Waals surface area contributed by atoms with Gasteiger partial charge in [0, 0.05) is 11.8 Å². The van der Waals surface area contributed by atoms with Gasteiger partial charge in [0.05, 0.1) is 6.42 Å². The molecule has 15 heteroatoms. The zero-order valence-electron chi connectivity index (χ0n) is 15.4. The van der Waals surface area contributed by atoms with Gasteiger partial charge in [-0.1, -0.05) is 5.16 Å². The van der Waals surface area contributed by atoms with Gasteiger partial charge >= 0.3 is 35.5 Å². The van der Waals surface area contributed by atoms with Crippen LogP contribution in [0, 0.1) is 0 Å². The summed E-state index contributed by atoms with van der Waals surface area (Å²) in [4.78, 5) is 61.6. The molecular weight excluding hydrogens is 421 g/mol. The molecule has 3 N–H and O–H groups in total. The van der Waals surface area contributed by atoms with Gasteiger partial charge in [-0.2, -0.15) is 5.06 Å². The number of nitrogens with one attached hydrogen (secondary N) is 1. The van der Waals surface area contributed by atoms with Gasteiger partial charge < -0.3 is 30.5 Å². The van der Waals surface area contributed by atoms with E-state index in [2.05, 4.69) is 20.3 Å². The summed E-state index contributed by atoms with van der Waals surface area (Å²) in [6.07, 6.45) is -0.566. The molecule has 0 bridgehead atoms. The number of nitrogen functional groups attached to an aromatic ring is 1. The summed E-state index contributed by atoms with van der Waals surface area (Å²) < 4.78 is 4.78. The second-order valence-corrected chi connectivity index (χ2v) is 6.58. The summed E-state index contributed by atoms with van der Waals surface area (Å²) in [5, 5.41) is 19.5. The van der Waals surface area contributed by atoms with Crippen molar-refractivity contribution in [1.82, 2.24) is 15.4 Å². The van der Waals surface area contributed by atoms with Gasteiger partial charge in [0.2, 0.25) is 0 Å². The number of aliphatic carboxylic acids is 1. The molecule has 2 atom stereocenters. The quantitative estimate of drug-likeness (QED) is 0.189. The van der Waals surface area contributed by atoms with E-state index in [1.165, 1.54) is 12.5 Å². The SMILES string of the molecule is CON=C(C(=O)N[C@H]1CON(C2(C(=O)[O-])CCC(=O)O2)C1=O)c1csc(N)n1.[Na+]. The molecule has 2 fully saturated rings. The number of rotatable bonds is 6. The number of anilines is 1. The minimum atomic E-state index is -2.37. The van der Waals surface area contributed by atoms with Crippen LogP contribution in [-0.2, 0) is 33.6 Å². The van der Waals surface area contributed by atoms with Crippen LogP contribution >= 0.6 is 11.3 Å². The Bertz CT molecular complexity index is 876. The predicted molar refractivity (Wildman–Crippen MR) is 87.9 cm³/mol. The molecule has 1 aromatic rings. The van der Waals surface area contributed by atoms with E-state index in [1.54, 1.807) is 0 Å². The molecule has 13 nitrogen and oxygen atoms in total. The molecule has 150 valence electrons. The smallest absolute Gasteiger partial charge is 0.544 e. The van der Waals surface area contributed by atoms with E-state index in [0.29, 0.717) is 5.06 Å². The van der Waals surface area contributed by atoms with Crippen LogP contribution < -0.4 is 45.7 Å². The molecule has 1 aromatic heterocycles. The van der Waals surface area contributed by atoms with E-state index in [4.69, 9.17) is 15.3 Å². The Morgan fingerprint density at radius 1 is 1.52 bits per heavy atom. The first-order chi connectivity index (χ1) is 13.3. The molecule has 2 aliphatic rings. The number of carbonyl (C=O) groups excluding carboxylic acids is 4. The second kappa shape index (κ2) is 9.04. The van der Waals surface area contributed by atoms with E-state index in [0.717, 1.165) is 11.3 Å². The number of aromatic nitrogens is 1. The summed E-state index contributed by atoms with van der Waals surface area (Å²) in [6, 6.07) is -1.26. The number of nitrogens with zero attached hydrogens (tertiary/aromatic N) is 3. The largest absolute Gasteiger partial charge is 1.00 e. The predicted octanol–water partition coefficient (Wildman–Crippen LogP) is -5.88. The fourth-order valence-electron chi connectivity index (χ4n) is 2.66. The fourth-order valence-corrected chi connectivity index (χ4v) is 3.21. The molecule has 29 heavy (non-hydrogen) atoms. The average molecular weight is 435 g/mol. The number of amides is 2. The molecule has 0 saturated carbocycles. The Balaban J connectivity index is 0.00000300. The first-order valence-corrected chi connectivity index (χ1v) is 8.70. The third-order valence-corrected chi connectivity index (χ3v) is 4.61. The number of hydrogen-bond donors (Lipinski definition) is 2. The number of cyclic esters (lactones) is 1. The molecule has 3 rings (SSSR count). The molecule has 1 unspecified atom stereocenters. The van der Waals surface area contributed by atoms with Crippen molar-refractivity contribution in [2.75, 3.05) is 19.5 Å². The summed E-state index contributed by atoms with van der Waals surface area (Å²) in [5.74, 6) is -4.38. The van der Waals surface area contributed by atoms with Gasteiger partial charge in [-0.25, -0.2) is 4.98 Å². The van der Waals surface area contributed by atoms with Crippen LogP contribution in [-0.4, -0.2) is 65.0 Å². The van der Waals surface area contributed by atoms with Crippen molar-refractivity contribution < 1.29 is 68.3 Å². The maximum absolute atomic E-state index is 12.6. The van der Waals surface area contributed by atoms with Crippen molar-refractivity contribution in [3.05, 3.63) is 11.1 Å². The van der Waals surface area contributed by atoms with Crippen molar-refractivity contribution in [3.63, 3.8) is 0 Å². The molecule has 2 saturated heterocycles. The van der Waals surface area contributed by atoms with Crippen LogP contribution in [0.2, 0.25) is 0 Å². The van der Waals surface area contributed by atoms with Crippen molar-refractivity contribution in [2.45, 2.75) is 24.6 Å². The molecule has 0 spiro atoms. The van der Waals surface area contributed by atoms with Gasteiger partial charge in [0.15, 0.2) is 10.8 Å². The van der Waals surface area contributed by atoms with Gasteiger partial charge in [-0.15, -0.1) is 11.3 Å². The summed E-state index contributed by atoms with van der Waals surface area (Å²) in [6.45, 7) is -0.392. The Hall–Kier alpha value is -2.26. The van der Waals surface area contributed by atoms with Crippen molar-refractivity contribution in [3.8, 4) is 0 Å². The van der Waals surface area contributed by atoms with E-state index >= 15 is 0 Å². The van der Waals surface area contributed by atoms with E-state index < -0.39 is 42.1 Å². The van der Waals surface area contributed by atoms with Crippen LogP contribution in [0.3, 0.4) is 0 Å². The van der Waals surface area contributed by atoms with Crippen LogP contribution in [0.1, 0.15) is 18.5 Å². The standard InChI is InChI=1S/C14H15N5O8S.Na/c1-25-18-9(7-5-28-13(15)17-7)10(21)16-6-4-26-19(11(6)22)14(12(23)24)3-2-8(20)27-14;/h5-6H,2-4H2,1H3,(H2,15,17)(H,16,21)(H,23,24);/q;+1/p-1/t6-,14?;/m0./s1. The van der Waals surface area contributed by atoms with Crippen molar-refractivity contribution in [1.29, 1.82) is 0 Å². The fraction of sp³-hybridized carbons (Fsp3) is 0.429. The third-order valence-electron chi connectivity index (χ3n) is 3.93. The maximum atomic E-state index is 12.6. The number of oxime groups is 1. The molecule has 2 aliphatic heterocycles. The van der Waals surface area contributed by atoms with Gasteiger partial charge in [-0.3, -0.25) is 19.2 Å². The van der Waals surface area contributed by atoms with Crippen molar-refractivity contribution >= 4 is 45.9 Å². The number of carboxylic acid groups (broad SMARTS) is 1. The maximum Gasteiger partial charge on any atom is 1.00 e. The topological polar surface area (TPSA) is 186 Å². The van der Waals surface area contributed by atoms with Crippen LogP contribution in [0.4, 0.5) is 5.13 Å². The zero-order chi connectivity index (χ0) is 20.5. The minimum absolute atomic E-state index is 0. The Labute approximate surface area is 189 Å². The Morgan fingerprint density at radius 2 is 2.24 bits per heavy atom. The summed E-state index contributed by atoms with van der Waals surface area (Å²) in [5.41, 5.74) is 3.04. The normalized spacial score (nSPS) is 24.1. The van der Waals surface area contributed by atoms with E-state index in [-0.39, 0.29) is 58.9 Å². The van der Waals surface area contributed by atoms with Crippen LogP contribution in [0.25, 0.3) is 0 Å². The Kier molecular flexibility index (Phi) is 7.18. The van der Waals surface area contributed by atoms with E-state index in [9.17, 15) is 24.3 Å². The van der Waals surface area contributed by atoms with Crippen LogP contribution in [0.15, 0.2) is 10.5 Å². The molecule has 0 radical (unpaired) electrons. The summed E-state index contributed by atoms with van der Waals surface area (Å²) in [7, 11) is 1.21. The number of carboxylic acids is 1.